The molecule has 4 saturated carbocycles. The molecule has 8 fully saturated rings. The number of aliphatic carboxylic acids is 1. The van der Waals surface area contributed by atoms with E-state index in [1.807, 2.05) is 34.6 Å². The third-order valence-electron chi connectivity index (χ3n) is 22.6. The number of allylic oxidation sites excluding steroid dienone is 2. The monoisotopic (exact) mass is 1290 g/mol. The molecule has 0 aromatic rings. The van der Waals surface area contributed by atoms with Crippen molar-refractivity contribution in [3.63, 3.8) is 0 Å². The van der Waals surface area contributed by atoms with Crippen LogP contribution in [0.3, 0.4) is 0 Å². The summed E-state index contributed by atoms with van der Waals surface area (Å²) < 4.78 is 67.6. The maximum Gasteiger partial charge on any atom is 0.335 e. The van der Waals surface area contributed by atoms with Crippen LogP contribution in [-0.4, -0.2) is 256 Å². The van der Waals surface area contributed by atoms with Crippen molar-refractivity contribution >= 4 is 23.9 Å². The van der Waals surface area contributed by atoms with Crippen LogP contribution in [0.1, 0.15) is 128 Å². The van der Waals surface area contributed by atoms with Gasteiger partial charge in [-0.2, -0.15) is 0 Å². The van der Waals surface area contributed by atoms with Gasteiger partial charge in [-0.15, -0.1) is 0 Å². The molecule has 28 heteroatoms. The van der Waals surface area contributed by atoms with Gasteiger partial charge in [0.15, 0.2) is 36.9 Å². The Morgan fingerprint density at radius 1 is 0.600 bits per heavy atom. The summed E-state index contributed by atoms with van der Waals surface area (Å²) in [6.07, 6.45) is -36.7. The van der Waals surface area contributed by atoms with Crippen molar-refractivity contribution < 1.29 is 138 Å². The number of carboxylic acids is 1. The van der Waals surface area contributed by atoms with Gasteiger partial charge >= 0.3 is 23.9 Å². The van der Waals surface area contributed by atoms with E-state index in [-0.39, 0.29) is 24.7 Å². The van der Waals surface area contributed by atoms with E-state index in [0.717, 1.165) is 5.57 Å². The fourth-order valence-corrected chi connectivity index (χ4v) is 17.6. The molecule has 0 radical (unpaired) electrons. The van der Waals surface area contributed by atoms with Gasteiger partial charge in [0.05, 0.1) is 25.4 Å². The summed E-state index contributed by atoms with van der Waals surface area (Å²) in [6, 6.07) is 0. The minimum absolute atomic E-state index is 0.195. The van der Waals surface area contributed by atoms with Gasteiger partial charge < -0.3 is 118 Å². The first-order chi connectivity index (χ1) is 41.9. The van der Waals surface area contributed by atoms with Crippen LogP contribution in [0.4, 0.5) is 0 Å². The van der Waals surface area contributed by atoms with Gasteiger partial charge in [0.1, 0.15) is 104 Å². The fourth-order valence-electron chi connectivity index (χ4n) is 17.6. The summed E-state index contributed by atoms with van der Waals surface area (Å²) in [5.41, 5.74) is -4.57. The average Bonchev–Trinajstić information content (AvgIpc) is 0.663. The summed E-state index contributed by atoms with van der Waals surface area (Å²) in [4.78, 5) is 54.2. The maximum absolute atomic E-state index is 13.7. The van der Waals surface area contributed by atoms with Crippen molar-refractivity contribution in [2.24, 2.45) is 44.8 Å². The molecule has 4 saturated heterocycles. The van der Waals surface area contributed by atoms with E-state index in [1.165, 1.54) is 20.8 Å². The fraction of sp³-hybridized carbons (Fsp3) is 0.871. The molecule has 0 aromatic heterocycles. The van der Waals surface area contributed by atoms with Crippen LogP contribution in [-0.2, 0) is 71.3 Å². The third kappa shape index (κ3) is 11.8. The molecule has 3 unspecified atom stereocenters. The Bertz CT molecular complexity index is 2690. The standard InChI is InChI=1S/C62H96O28/c1-13-24(2)52(79)84-35-21-57(6,7)20-29-28-14-15-33-59(10)18-17-34(58(8,9)32(59)16-19-60(33,11)61(28,12)50(81-26(4)65)49(76)62(29,35)90-27(5)66)85-56-47(88-53-42(73)39(70)36(67)25(3)80-53)44(75)45(48(89-56)51(77)78)86-55-46(41(72)38(69)31(23-64)83-55)87-54-43(74)40(71)37(68)30(22-63)82-54/h13-14,25,29-50,53-56,63-64,67-76H,15-23H2,1-12H3,(H,77,78)/b24-13+/t25-,29-,30+,31+,32?,33?,34-,35-,36-,37+,38-,39+,40-,41-,42+,43+,44-,45-,46+,47+,48-,49+,50-,53?,54-,55-,56+,59-,60+,61-,62-/m0/s1. The number of ether oxygens (including phenoxy) is 11. The molecule has 512 valence electrons. The van der Waals surface area contributed by atoms with Crippen LogP contribution in [0.15, 0.2) is 23.3 Å². The van der Waals surface area contributed by atoms with Crippen molar-refractivity contribution in [3.05, 3.63) is 23.3 Å². The third-order valence-corrected chi connectivity index (χ3v) is 22.6. The lowest BCUT2D eigenvalue weighted by molar-refractivity contribution is -0.401. The van der Waals surface area contributed by atoms with Gasteiger partial charge in [-0.1, -0.05) is 66.2 Å². The van der Waals surface area contributed by atoms with Crippen LogP contribution in [0.25, 0.3) is 0 Å². The normalized spacial score (nSPS) is 49.9. The van der Waals surface area contributed by atoms with E-state index in [2.05, 4.69) is 19.9 Å². The first-order valence-corrected chi connectivity index (χ1v) is 31.3. The molecule has 9 rings (SSSR count). The van der Waals surface area contributed by atoms with Crippen LogP contribution in [0, 0.1) is 44.8 Å². The highest BCUT2D eigenvalue weighted by atomic mass is 16.8. The van der Waals surface area contributed by atoms with Gasteiger partial charge in [0.2, 0.25) is 0 Å². The topological polar surface area (TPSA) is 433 Å². The first-order valence-electron chi connectivity index (χ1n) is 31.3. The highest BCUT2D eigenvalue weighted by molar-refractivity contribution is 5.88. The molecule has 4 heterocycles. The Balaban J connectivity index is 1.05. The number of esters is 3. The molecule has 31 atom stereocenters. The summed E-state index contributed by atoms with van der Waals surface area (Å²) in [5.74, 6) is -4.93. The number of carbonyl (C=O) groups is 4. The number of fused-ring (bicyclic) bond motifs is 7. The van der Waals surface area contributed by atoms with Crippen molar-refractivity contribution in [2.75, 3.05) is 13.2 Å². The zero-order valence-electron chi connectivity index (χ0n) is 53.0. The van der Waals surface area contributed by atoms with Crippen molar-refractivity contribution in [1.82, 2.24) is 0 Å². The van der Waals surface area contributed by atoms with Crippen LogP contribution in [0.5, 0.6) is 0 Å². The Morgan fingerprint density at radius 3 is 1.73 bits per heavy atom. The molecule has 0 aromatic carbocycles. The van der Waals surface area contributed by atoms with Gasteiger partial charge in [0, 0.05) is 30.8 Å². The summed E-state index contributed by atoms with van der Waals surface area (Å²) in [6.45, 7) is 19.7. The number of rotatable bonds is 15. The Labute approximate surface area is 522 Å². The molecule has 28 nitrogen and oxygen atoms in total. The van der Waals surface area contributed by atoms with E-state index in [0.29, 0.717) is 37.7 Å². The number of aliphatic hydroxyl groups is 12. The minimum Gasteiger partial charge on any atom is -0.479 e. The minimum atomic E-state index is -2.23. The van der Waals surface area contributed by atoms with Crippen molar-refractivity contribution in [1.29, 1.82) is 0 Å². The SMILES string of the molecule is C/C=C(\C)C(=O)O[C@H]1CC(C)(C)C[C@H]2C3=CCC4[C@@]5(C)CC[C@H](O[C@@H]6O[C@H](C(=O)O)[C@@H](O[C@@H]7O[C@H](CO)[C@H](O)[C@H](O)[C@H]7O[C@@H]7O[C@H](CO)[C@@H](O)[C@H](O)[C@H]7O)[C@H](O)[C@H]6OC6O[C@@H](C)[C@H](O)[C@@H](O)[C@H]6O)C(C)(C)C5CC[C@@]4(C)[C@]3(C)[C@@H](OC(C)=O)[C@@H](O)[C@@]12OC(C)=O. The molecular weight excluding hydrogens is 1190 g/mol. The second-order valence-corrected chi connectivity index (χ2v) is 28.7. The summed E-state index contributed by atoms with van der Waals surface area (Å²) in [5, 5.41) is 144. The average molecular weight is 1290 g/mol. The lowest BCUT2D eigenvalue weighted by Crippen LogP contribution is -2.77. The molecule has 90 heavy (non-hydrogen) atoms. The molecule has 9 aliphatic rings. The largest absolute Gasteiger partial charge is 0.479 e. The number of aliphatic hydroxyl groups excluding tert-OH is 12. The lowest BCUT2D eigenvalue weighted by atomic mass is 9.33. The van der Waals surface area contributed by atoms with Crippen LogP contribution in [0.2, 0.25) is 0 Å². The molecule has 0 bridgehead atoms. The first kappa shape index (κ1) is 70.9. The quantitative estimate of drug-likeness (QED) is 0.0304. The molecule has 13 N–H and O–H groups in total. The van der Waals surface area contributed by atoms with Crippen LogP contribution >= 0.6 is 0 Å². The van der Waals surface area contributed by atoms with Gasteiger partial charge in [0.25, 0.3) is 0 Å². The molecule has 0 spiro atoms. The van der Waals surface area contributed by atoms with Crippen molar-refractivity contribution in [3.8, 4) is 0 Å². The van der Waals surface area contributed by atoms with Gasteiger partial charge in [-0.05, 0) is 99.2 Å². The van der Waals surface area contributed by atoms with E-state index in [4.69, 9.17) is 52.1 Å². The number of carboxylic acid groups (broad SMARTS) is 1. The molecule has 4 aliphatic heterocycles. The van der Waals surface area contributed by atoms with E-state index < -0.39 is 223 Å². The summed E-state index contributed by atoms with van der Waals surface area (Å²) >= 11 is 0. The second kappa shape index (κ2) is 25.9. The highest BCUT2D eigenvalue weighted by Crippen LogP contribution is 2.76. The Morgan fingerprint density at radius 2 is 1.16 bits per heavy atom. The van der Waals surface area contributed by atoms with E-state index in [1.54, 1.807) is 19.9 Å². The van der Waals surface area contributed by atoms with E-state index >= 15 is 0 Å². The van der Waals surface area contributed by atoms with Gasteiger partial charge in [-0.3, -0.25) is 9.59 Å². The predicted molar refractivity (Wildman–Crippen MR) is 304 cm³/mol. The second-order valence-electron chi connectivity index (χ2n) is 28.7. The smallest absolute Gasteiger partial charge is 0.335 e. The van der Waals surface area contributed by atoms with Gasteiger partial charge in [-0.25, -0.2) is 9.59 Å². The Hall–Kier alpha value is -3.44. The number of hydrogen-bond acceptors (Lipinski definition) is 27. The number of hydrogen-bond donors (Lipinski definition) is 13. The van der Waals surface area contributed by atoms with Crippen LogP contribution < -0.4 is 0 Å². The highest BCUT2D eigenvalue weighted by Gasteiger charge is 2.77. The maximum atomic E-state index is 13.7. The zero-order valence-corrected chi connectivity index (χ0v) is 53.0. The summed E-state index contributed by atoms with van der Waals surface area (Å²) in [7, 11) is 0. The number of carbonyl (C=O) groups excluding carboxylic acids is 3. The molecular formula is C62H96O28. The zero-order chi connectivity index (χ0) is 66.6. The predicted octanol–water partition coefficient (Wildman–Crippen LogP) is -1.12. The lowest BCUT2D eigenvalue weighted by Gasteiger charge is -2.73. The molecule has 5 aliphatic carbocycles. The molecule has 0 amide bonds. The Kier molecular flexibility index (Phi) is 20.4. The van der Waals surface area contributed by atoms with E-state index in [9.17, 15) is 85.6 Å². The van der Waals surface area contributed by atoms with Crippen molar-refractivity contribution in [2.45, 2.75) is 281 Å².